The van der Waals surface area contributed by atoms with Crippen LogP contribution >= 0.6 is 11.3 Å². The van der Waals surface area contributed by atoms with Crippen LogP contribution in [0.1, 0.15) is 0 Å². The van der Waals surface area contributed by atoms with E-state index in [-0.39, 0.29) is 10.6 Å². The van der Waals surface area contributed by atoms with Crippen molar-refractivity contribution in [1.82, 2.24) is 0 Å². The van der Waals surface area contributed by atoms with E-state index >= 15 is 0 Å². The van der Waals surface area contributed by atoms with Crippen molar-refractivity contribution in [2.24, 2.45) is 0 Å². The van der Waals surface area contributed by atoms with E-state index in [0.717, 1.165) is 10.4 Å². The maximum atomic E-state index is 12.9. The Bertz CT molecular complexity index is 967. The molecule has 0 aliphatic rings. The molecule has 5 nitrogen and oxygen atoms in total. The first kappa shape index (κ1) is 17.3. The first-order valence-electron chi connectivity index (χ1n) is 7.43. The number of hydrogen-bond acceptors (Lipinski definition) is 5. The summed E-state index contributed by atoms with van der Waals surface area (Å²) >= 11 is 1.55. The number of nitrogens with one attached hydrogen (secondary N) is 1. The van der Waals surface area contributed by atoms with E-state index in [1.54, 1.807) is 35.6 Å². The van der Waals surface area contributed by atoms with E-state index in [9.17, 15) is 8.42 Å². The minimum Gasteiger partial charge on any atom is -0.497 e. The lowest BCUT2D eigenvalue weighted by Crippen LogP contribution is -2.14. The number of benzene rings is 2. The van der Waals surface area contributed by atoms with Gasteiger partial charge in [0.15, 0.2) is 0 Å². The second-order valence-electron chi connectivity index (χ2n) is 5.15. The summed E-state index contributed by atoms with van der Waals surface area (Å²) in [6, 6.07) is 15.8. The van der Waals surface area contributed by atoms with Crippen LogP contribution in [0, 0.1) is 0 Å². The molecule has 1 heterocycles. The van der Waals surface area contributed by atoms with Crippen LogP contribution in [0.3, 0.4) is 0 Å². The standard InChI is InChI=1S/C18H17NO4S2/c1-22-13-9-10-16(23-2)18(12-13)25(20,21)19-15-7-4-3-6-14(15)17-8-5-11-24-17/h3-12,19H,1-2H3. The van der Waals surface area contributed by atoms with Crippen LogP contribution in [-0.4, -0.2) is 22.6 Å². The molecule has 0 radical (unpaired) electrons. The maximum Gasteiger partial charge on any atom is 0.265 e. The molecule has 3 rings (SSSR count). The first-order chi connectivity index (χ1) is 12.0. The van der Waals surface area contributed by atoms with Crippen LogP contribution in [0.2, 0.25) is 0 Å². The number of anilines is 1. The fourth-order valence-electron chi connectivity index (χ4n) is 2.41. The van der Waals surface area contributed by atoms with Crippen molar-refractivity contribution in [3.63, 3.8) is 0 Å². The molecular formula is C18H17NO4S2. The Morgan fingerprint density at radius 1 is 0.960 bits per heavy atom. The molecule has 0 atom stereocenters. The molecule has 2 aromatic carbocycles. The molecule has 0 saturated heterocycles. The van der Waals surface area contributed by atoms with Crippen molar-refractivity contribution in [3.05, 3.63) is 60.0 Å². The van der Waals surface area contributed by atoms with Crippen molar-refractivity contribution in [2.75, 3.05) is 18.9 Å². The zero-order valence-corrected chi connectivity index (χ0v) is 15.4. The number of hydrogen-bond donors (Lipinski definition) is 1. The van der Waals surface area contributed by atoms with Gasteiger partial charge in [-0.1, -0.05) is 24.3 Å². The molecular weight excluding hydrogens is 358 g/mol. The summed E-state index contributed by atoms with van der Waals surface area (Å²) in [6.45, 7) is 0. The lowest BCUT2D eigenvalue weighted by Gasteiger charge is -2.14. The molecule has 0 fully saturated rings. The van der Waals surface area contributed by atoms with Gasteiger partial charge in [0, 0.05) is 16.5 Å². The molecule has 1 aromatic heterocycles. The number of rotatable bonds is 6. The van der Waals surface area contributed by atoms with Crippen molar-refractivity contribution in [2.45, 2.75) is 4.90 Å². The number of thiophene rings is 1. The number of para-hydroxylation sites is 1. The summed E-state index contributed by atoms with van der Waals surface area (Å²) < 4.78 is 38.9. The van der Waals surface area contributed by atoms with Crippen molar-refractivity contribution >= 4 is 27.0 Å². The second kappa shape index (κ2) is 7.16. The molecule has 1 N–H and O–H groups in total. The predicted octanol–water partition coefficient (Wildman–Crippen LogP) is 4.23. The summed E-state index contributed by atoms with van der Waals surface area (Å²) in [5, 5.41) is 1.95. The molecule has 0 saturated carbocycles. The van der Waals surface area contributed by atoms with Crippen LogP contribution in [0.15, 0.2) is 64.9 Å². The van der Waals surface area contributed by atoms with Crippen LogP contribution in [0.4, 0.5) is 5.69 Å². The second-order valence-corrected chi connectivity index (χ2v) is 7.74. The fraction of sp³-hybridized carbons (Fsp3) is 0.111. The third-order valence-electron chi connectivity index (χ3n) is 3.62. The molecule has 0 bridgehead atoms. The first-order valence-corrected chi connectivity index (χ1v) is 9.79. The van der Waals surface area contributed by atoms with Gasteiger partial charge in [0.2, 0.25) is 0 Å². The van der Waals surface area contributed by atoms with Gasteiger partial charge in [-0.05, 0) is 29.6 Å². The maximum absolute atomic E-state index is 12.9. The average molecular weight is 375 g/mol. The highest BCUT2D eigenvalue weighted by molar-refractivity contribution is 7.92. The Kier molecular flexibility index (Phi) is 4.96. The Morgan fingerprint density at radius 3 is 2.44 bits per heavy atom. The summed E-state index contributed by atoms with van der Waals surface area (Å²) in [7, 11) is -0.938. The van der Waals surface area contributed by atoms with Gasteiger partial charge in [0.1, 0.15) is 16.4 Å². The molecule has 3 aromatic rings. The van der Waals surface area contributed by atoms with E-state index in [1.807, 2.05) is 29.6 Å². The topological polar surface area (TPSA) is 64.6 Å². The van der Waals surface area contributed by atoms with Gasteiger partial charge in [-0.3, -0.25) is 4.72 Å². The normalized spacial score (nSPS) is 11.1. The average Bonchev–Trinajstić information content (AvgIpc) is 3.15. The van der Waals surface area contributed by atoms with Crippen molar-refractivity contribution in [1.29, 1.82) is 0 Å². The molecule has 0 spiro atoms. The van der Waals surface area contributed by atoms with E-state index in [4.69, 9.17) is 9.47 Å². The summed E-state index contributed by atoms with van der Waals surface area (Å²) in [5.74, 6) is 0.689. The highest BCUT2D eigenvalue weighted by Crippen LogP contribution is 2.34. The number of sulfonamides is 1. The Labute approximate surface area is 150 Å². The van der Waals surface area contributed by atoms with Crippen molar-refractivity contribution in [3.8, 4) is 21.9 Å². The third kappa shape index (κ3) is 3.62. The molecule has 0 unspecified atom stereocenters. The van der Waals surface area contributed by atoms with E-state index in [2.05, 4.69) is 4.72 Å². The SMILES string of the molecule is COc1ccc(OC)c(S(=O)(=O)Nc2ccccc2-c2cccs2)c1. The lowest BCUT2D eigenvalue weighted by atomic mass is 10.1. The summed E-state index contributed by atoms with van der Waals surface area (Å²) in [6.07, 6.45) is 0. The molecule has 130 valence electrons. The highest BCUT2D eigenvalue weighted by atomic mass is 32.2. The zero-order chi connectivity index (χ0) is 17.9. The van der Waals surface area contributed by atoms with E-state index < -0.39 is 10.0 Å². The Morgan fingerprint density at radius 2 is 1.76 bits per heavy atom. The number of methoxy groups -OCH3 is 2. The third-order valence-corrected chi connectivity index (χ3v) is 5.91. The Hall–Kier alpha value is -2.51. The van der Waals surface area contributed by atoms with Crippen LogP contribution in [-0.2, 0) is 10.0 Å². The molecule has 7 heteroatoms. The predicted molar refractivity (Wildman–Crippen MR) is 100 cm³/mol. The monoisotopic (exact) mass is 375 g/mol. The Balaban J connectivity index is 2.04. The van der Waals surface area contributed by atoms with Gasteiger partial charge in [-0.25, -0.2) is 8.42 Å². The van der Waals surface area contributed by atoms with Crippen LogP contribution < -0.4 is 14.2 Å². The van der Waals surface area contributed by atoms with Gasteiger partial charge in [-0.2, -0.15) is 0 Å². The van der Waals surface area contributed by atoms with Gasteiger partial charge >= 0.3 is 0 Å². The van der Waals surface area contributed by atoms with Crippen LogP contribution in [0.5, 0.6) is 11.5 Å². The lowest BCUT2D eigenvalue weighted by molar-refractivity contribution is 0.392. The van der Waals surface area contributed by atoms with Crippen LogP contribution in [0.25, 0.3) is 10.4 Å². The molecule has 0 amide bonds. The number of ether oxygens (including phenoxy) is 2. The van der Waals surface area contributed by atoms with Gasteiger partial charge < -0.3 is 9.47 Å². The minimum atomic E-state index is -3.85. The van der Waals surface area contributed by atoms with Gasteiger partial charge in [-0.15, -0.1) is 11.3 Å². The van der Waals surface area contributed by atoms with Gasteiger partial charge in [0.05, 0.1) is 19.9 Å². The largest absolute Gasteiger partial charge is 0.497 e. The summed E-state index contributed by atoms with van der Waals surface area (Å²) in [5.41, 5.74) is 1.33. The smallest absolute Gasteiger partial charge is 0.265 e. The fourth-order valence-corrected chi connectivity index (χ4v) is 4.44. The molecule has 0 aliphatic carbocycles. The molecule has 25 heavy (non-hydrogen) atoms. The zero-order valence-electron chi connectivity index (χ0n) is 13.7. The van der Waals surface area contributed by atoms with E-state index in [1.165, 1.54) is 20.3 Å². The van der Waals surface area contributed by atoms with Crippen molar-refractivity contribution < 1.29 is 17.9 Å². The quantitative estimate of drug-likeness (QED) is 0.700. The minimum absolute atomic E-state index is 0.0235. The van der Waals surface area contributed by atoms with Gasteiger partial charge in [0.25, 0.3) is 10.0 Å². The molecule has 0 aliphatic heterocycles. The van der Waals surface area contributed by atoms with E-state index in [0.29, 0.717) is 11.4 Å². The summed E-state index contributed by atoms with van der Waals surface area (Å²) in [4.78, 5) is 1.01. The highest BCUT2D eigenvalue weighted by Gasteiger charge is 2.22.